The molecular weight excluding hydrogens is 170 g/mol. The molecule has 0 heterocycles. The Hall–Kier alpha value is -0.170. The Labute approximate surface area is 66.3 Å². The third-order valence-corrected chi connectivity index (χ3v) is 1.66. The highest BCUT2D eigenvalue weighted by Crippen LogP contribution is 1.98. The summed E-state index contributed by atoms with van der Waals surface area (Å²) in [5, 5.41) is 10.7. The molecule has 0 aliphatic carbocycles. The van der Waals surface area contributed by atoms with Gasteiger partial charge in [0.1, 0.15) is 0 Å². The summed E-state index contributed by atoms with van der Waals surface area (Å²) in [5.74, 6) is 0. The van der Waals surface area contributed by atoms with Gasteiger partial charge >= 0.3 is 10.3 Å². The summed E-state index contributed by atoms with van der Waals surface area (Å²) in [6.45, 7) is 1.89. The van der Waals surface area contributed by atoms with Crippen LogP contribution in [0, 0.1) is 0 Å². The van der Waals surface area contributed by atoms with Crippen molar-refractivity contribution < 1.29 is 18.1 Å². The molecule has 1 atom stereocenters. The van der Waals surface area contributed by atoms with E-state index in [4.69, 9.17) is 4.55 Å². The van der Waals surface area contributed by atoms with Gasteiger partial charge in [0, 0.05) is 0 Å². The van der Waals surface area contributed by atoms with Gasteiger partial charge in [-0.2, -0.15) is 13.1 Å². The maximum Gasteiger partial charge on any atom is 0.335 e. The van der Waals surface area contributed by atoms with Crippen molar-refractivity contribution in [3.8, 4) is 0 Å². The van der Waals surface area contributed by atoms with E-state index in [1.165, 1.54) is 4.72 Å². The van der Waals surface area contributed by atoms with E-state index in [-0.39, 0.29) is 6.42 Å². The van der Waals surface area contributed by atoms with E-state index in [9.17, 15) is 13.5 Å². The zero-order chi connectivity index (χ0) is 8.91. The molecule has 11 heavy (non-hydrogen) atoms. The highest BCUT2D eigenvalue weighted by Gasteiger charge is 2.11. The van der Waals surface area contributed by atoms with Crippen LogP contribution < -0.4 is 4.72 Å². The van der Waals surface area contributed by atoms with Crippen LogP contribution in [0.25, 0.3) is 0 Å². The molecule has 0 fully saturated rings. The van der Waals surface area contributed by atoms with Crippen molar-refractivity contribution in [3.05, 3.63) is 0 Å². The first-order chi connectivity index (χ1) is 4.95. The van der Waals surface area contributed by atoms with Gasteiger partial charge in [0.15, 0.2) is 6.23 Å². The van der Waals surface area contributed by atoms with E-state index in [0.717, 1.165) is 6.42 Å². The predicted octanol–water partition coefficient (Wildman–Crippen LogP) is 0.326. The average Bonchev–Trinajstić information content (AvgIpc) is 1.79. The number of unbranched alkanes of at least 4 members (excludes halogenated alkanes) is 1. The Bertz CT molecular complexity index is 189. The molecule has 6 heteroatoms. The van der Waals surface area contributed by atoms with Gasteiger partial charge < -0.3 is 0 Å². The number of rotatable bonds is 5. The van der Waals surface area contributed by atoms with E-state index in [2.05, 4.69) is 0 Å². The average molecular weight is 182 g/mol. The fourth-order valence-corrected chi connectivity index (χ4v) is 1.06. The molecule has 67 valence electrons. The molecule has 0 bridgehead atoms. The minimum Gasteiger partial charge on any atom is -0.273 e. The molecule has 0 spiro atoms. The summed E-state index contributed by atoms with van der Waals surface area (Å²) in [7, 11) is -4.32. The van der Waals surface area contributed by atoms with Gasteiger partial charge in [-0.25, -0.2) is 5.11 Å². The van der Waals surface area contributed by atoms with Crippen LogP contribution in [0.2, 0.25) is 0 Å². The van der Waals surface area contributed by atoms with Crippen LogP contribution in [0.3, 0.4) is 0 Å². The van der Waals surface area contributed by atoms with Crippen LogP contribution in [-0.4, -0.2) is 19.2 Å². The lowest BCUT2D eigenvalue weighted by Gasteiger charge is -2.05. The number of hydrogen-bond acceptors (Lipinski definition) is 2. The normalized spacial score (nSPS) is 14.8. The van der Waals surface area contributed by atoms with Crippen LogP contribution in [0.1, 0.15) is 26.2 Å². The maximum atomic E-state index is 10.7. The van der Waals surface area contributed by atoms with Crippen LogP contribution in [0.15, 0.2) is 0 Å². The van der Waals surface area contributed by atoms with Crippen LogP contribution in [-0.2, 0) is 15.4 Å². The molecule has 0 saturated heterocycles. The quantitative estimate of drug-likeness (QED) is 0.474. The molecule has 0 aliphatic heterocycles. The third-order valence-electron chi connectivity index (χ3n) is 1.10. The van der Waals surface area contributed by atoms with Crippen LogP contribution >= 0.6 is 0 Å². The van der Waals surface area contributed by atoms with Gasteiger partial charge in [0.05, 0.1) is 0 Å². The maximum absolute atomic E-state index is 10.7. The number of hydrogen-bond donors (Lipinski definition) is 2. The smallest absolute Gasteiger partial charge is 0.273 e. The molecule has 0 aromatic rings. The van der Waals surface area contributed by atoms with E-state index in [1.807, 2.05) is 6.92 Å². The van der Waals surface area contributed by atoms with Crippen molar-refractivity contribution in [2.45, 2.75) is 32.4 Å². The largest absolute Gasteiger partial charge is 0.335 e. The first kappa shape index (κ1) is 10.8. The molecule has 0 rings (SSSR count). The van der Waals surface area contributed by atoms with Crippen molar-refractivity contribution >= 4 is 10.3 Å². The first-order valence-corrected chi connectivity index (χ1v) is 4.80. The van der Waals surface area contributed by atoms with Gasteiger partial charge in [-0.3, -0.25) is 4.55 Å². The van der Waals surface area contributed by atoms with Crippen molar-refractivity contribution in [3.63, 3.8) is 0 Å². The van der Waals surface area contributed by atoms with E-state index >= 15 is 0 Å². The summed E-state index contributed by atoms with van der Waals surface area (Å²) in [4.78, 5) is 0. The predicted molar refractivity (Wildman–Crippen MR) is 38.7 cm³/mol. The SMILES string of the molecule is CCCCC([O])NS(=O)(=O)O. The minimum atomic E-state index is -4.32. The molecule has 1 unspecified atom stereocenters. The second-order valence-electron chi connectivity index (χ2n) is 2.22. The molecule has 0 amide bonds. The molecule has 0 aliphatic rings. The summed E-state index contributed by atoms with van der Waals surface area (Å²) in [6.07, 6.45) is 0.253. The second kappa shape index (κ2) is 4.66. The highest BCUT2D eigenvalue weighted by atomic mass is 32.2. The molecular formula is C5H12NO4S. The van der Waals surface area contributed by atoms with Crippen molar-refractivity contribution in [1.29, 1.82) is 0 Å². The lowest BCUT2D eigenvalue weighted by Crippen LogP contribution is -2.32. The van der Waals surface area contributed by atoms with Gasteiger partial charge in [0.25, 0.3) is 0 Å². The Morgan fingerprint density at radius 1 is 1.55 bits per heavy atom. The van der Waals surface area contributed by atoms with Gasteiger partial charge in [-0.05, 0) is 12.8 Å². The van der Waals surface area contributed by atoms with Crippen LogP contribution in [0.4, 0.5) is 0 Å². The fraction of sp³-hybridized carbons (Fsp3) is 1.00. The molecule has 0 aromatic heterocycles. The Morgan fingerprint density at radius 3 is 2.45 bits per heavy atom. The fourth-order valence-electron chi connectivity index (χ4n) is 0.615. The van der Waals surface area contributed by atoms with Crippen molar-refractivity contribution in [2.24, 2.45) is 0 Å². The zero-order valence-electron chi connectivity index (χ0n) is 6.28. The highest BCUT2D eigenvalue weighted by molar-refractivity contribution is 7.83. The van der Waals surface area contributed by atoms with E-state index in [0.29, 0.717) is 6.42 Å². The zero-order valence-corrected chi connectivity index (χ0v) is 7.10. The summed E-state index contributed by atoms with van der Waals surface area (Å²) < 4.78 is 29.8. The summed E-state index contributed by atoms with van der Waals surface area (Å²) in [6, 6.07) is 0. The van der Waals surface area contributed by atoms with Gasteiger partial charge in [-0.1, -0.05) is 13.3 Å². The molecule has 1 radical (unpaired) electrons. The van der Waals surface area contributed by atoms with E-state index < -0.39 is 16.5 Å². The second-order valence-corrected chi connectivity index (χ2v) is 3.41. The lowest BCUT2D eigenvalue weighted by atomic mass is 10.2. The van der Waals surface area contributed by atoms with Gasteiger partial charge in [-0.15, -0.1) is 0 Å². The molecule has 0 saturated carbocycles. The molecule has 5 nitrogen and oxygen atoms in total. The van der Waals surface area contributed by atoms with Crippen molar-refractivity contribution in [2.75, 3.05) is 0 Å². The topological polar surface area (TPSA) is 86.3 Å². The Morgan fingerprint density at radius 2 is 2.09 bits per heavy atom. The third kappa shape index (κ3) is 7.73. The van der Waals surface area contributed by atoms with E-state index in [1.54, 1.807) is 0 Å². The molecule has 2 N–H and O–H groups in total. The van der Waals surface area contributed by atoms with Crippen molar-refractivity contribution in [1.82, 2.24) is 4.72 Å². The summed E-state index contributed by atoms with van der Waals surface area (Å²) in [5.41, 5.74) is 0. The lowest BCUT2D eigenvalue weighted by molar-refractivity contribution is 0.0679. The Kier molecular flexibility index (Phi) is 4.58. The molecule has 0 aromatic carbocycles. The first-order valence-electron chi connectivity index (χ1n) is 3.36. The number of nitrogens with one attached hydrogen (secondary N) is 1. The monoisotopic (exact) mass is 182 g/mol. The minimum absolute atomic E-state index is 0.205. The standard InChI is InChI=1S/C5H12NO4S/c1-2-3-4-5(7)6-11(8,9)10/h5-6H,2-4H2,1H3,(H,8,9,10). The van der Waals surface area contributed by atoms with Gasteiger partial charge in [0.2, 0.25) is 0 Å². The summed E-state index contributed by atoms with van der Waals surface area (Å²) >= 11 is 0. The Balaban J connectivity index is 3.61. The van der Waals surface area contributed by atoms with Crippen LogP contribution in [0.5, 0.6) is 0 Å².